The van der Waals surface area contributed by atoms with Crippen LogP contribution in [0.2, 0.25) is 5.02 Å². The van der Waals surface area contributed by atoms with Gasteiger partial charge in [0.25, 0.3) is 0 Å². The predicted molar refractivity (Wildman–Crippen MR) is 79.2 cm³/mol. The molecule has 2 unspecified atom stereocenters. The van der Waals surface area contributed by atoms with Crippen LogP contribution in [0.3, 0.4) is 0 Å². The molecule has 1 heterocycles. The minimum atomic E-state index is 0.748. The molecule has 17 heavy (non-hydrogen) atoms. The van der Waals surface area contributed by atoms with Gasteiger partial charge in [0.1, 0.15) is 0 Å². The van der Waals surface area contributed by atoms with Crippen LogP contribution in [0.4, 0.5) is 5.69 Å². The molecule has 0 aromatic heterocycles. The van der Waals surface area contributed by atoms with Gasteiger partial charge in [-0.2, -0.15) is 0 Å². The van der Waals surface area contributed by atoms with Gasteiger partial charge in [-0.05, 0) is 29.9 Å². The van der Waals surface area contributed by atoms with Gasteiger partial charge in [-0.25, -0.2) is 0 Å². The molecule has 94 valence electrons. The number of halogens is 2. The molecule has 0 saturated carbocycles. The Labute approximate surface area is 117 Å². The minimum Gasteiger partial charge on any atom is -0.370 e. The summed E-state index contributed by atoms with van der Waals surface area (Å²) in [6.07, 6.45) is 1.32. The monoisotopic (exact) mass is 315 g/mol. The van der Waals surface area contributed by atoms with Gasteiger partial charge in [-0.15, -0.1) is 0 Å². The number of anilines is 1. The average Bonchev–Trinajstić information content (AvgIpc) is 2.27. The van der Waals surface area contributed by atoms with E-state index in [1.807, 2.05) is 12.1 Å². The van der Waals surface area contributed by atoms with Gasteiger partial charge in [-0.1, -0.05) is 53.5 Å². The van der Waals surface area contributed by atoms with Crippen molar-refractivity contribution in [3.63, 3.8) is 0 Å². The molecule has 3 heteroatoms. The topological polar surface area (TPSA) is 3.24 Å². The van der Waals surface area contributed by atoms with E-state index in [0.29, 0.717) is 0 Å². The molecule has 1 nitrogen and oxygen atoms in total. The van der Waals surface area contributed by atoms with E-state index in [1.54, 1.807) is 0 Å². The van der Waals surface area contributed by atoms with Crippen LogP contribution < -0.4 is 4.90 Å². The van der Waals surface area contributed by atoms with Gasteiger partial charge in [0.15, 0.2) is 0 Å². The van der Waals surface area contributed by atoms with E-state index in [9.17, 15) is 0 Å². The molecule has 0 spiro atoms. The number of alkyl halides is 1. The number of hydrogen-bond acceptors (Lipinski definition) is 1. The molecule has 2 rings (SSSR count). The van der Waals surface area contributed by atoms with E-state index >= 15 is 0 Å². The summed E-state index contributed by atoms with van der Waals surface area (Å²) >= 11 is 9.93. The number of nitrogens with zero attached hydrogens (tertiary/aromatic N) is 1. The van der Waals surface area contributed by atoms with Crippen LogP contribution in [0.15, 0.2) is 18.2 Å². The first-order chi connectivity index (χ1) is 8.11. The maximum atomic E-state index is 6.37. The molecule has 0 amide bonds. The Hall–Kier alpha value is -0.210. The number of hydrogen-bond donors (Lipinski definition) is 0. The van der Waals surface area contributed by atoms with Crippen LogP contribution in [0.25, 0.3) is 0 Å². The van der Waals surface area contributed by atoms with Gasteiger partial charge in [0, 0.05) is 18.4 Å². The lowest BCUT2D eigenvalue weighted by molar-refractivity contribution is 0.356. The second kappa shape index (κ2) is 5.62. The highest BCUT2D eigenvalue weighted by atomic mass is 79.9. The number of rotatable bonds is 2. The SMILES string of the molecule is CC1CC(C)CN(c2c(Cl)cccc2CBr)C1. The number of piperidine rings is 1. The predicted octanol–water partition coefficient (Wildman–Crippen LogP) is 4.72. The van der Waals surface area contributed by atoms with Crippen molar-refractivity contribution in [2.45, 2.75) is 25.6 Å². The highest BCUT2D eigenvalue weighted by molar-refractivity contribution is 9.08. The van der Waals surface area contributed by atoms with Crippen molar-refractivity contribution in [2.24, 2.45) is 11.8 Å². The van der Waals surface area contributed by atoms with Crippen molar-refractivity contribution in [3.8, 4) is 0 Å². The third-order valence-electron chi connectivity index (χ3n) is 3.40. The van der Waals surface area contributed by atoms with E-state index < -0.39 is 0 Å². The molecular formula is C14H19BrClN. The van der Waals surface area contributed by atoms with Crippen LogP contribution in [-0.4, -0.2) is 13.1 Å². The molecule has 1 saturated heterocycles. The summed E-state index contributed by atoms with van der Waals surface area (Å²) in [4.78, 5) is 2.46. The Bertz CT molecular complexity index is 384. The number of para-hydroxylation sites is 1. The van der Waals surface area contributed by atoms with Crippen molar-refractivity contribution < 1.29 is 0 Å². The summed E-state index contributed by atoms with van der Waals surface area (Å²) < 4.78 is 0. The molecule has 0 N–H and O–H groups in total. The van der Waals surface area contributed by atoms with Crippen molar-refractivity contribution in [2.75, 3.05) is 18.0 Å². The van der Waals surface area contributed by atoms with E-state index in [1.165, 1.54) is 17.7 Å². The lowest BCUT2D eigenvalue weighted by Crippen LogP contribution is -2.39. The second-order valence-corrected chi connectivity index (χ2v) is 6.20. The average molecular weight is 317 g/mol. The van der Waals surface area contributed by atoms with E-state index in [-0.39, 0.29) is 0 Å². The Balaban J connectivity index is 2.32. The zero-order chi connectivity index (χ0) is 12.4. The van der Waals surface area contributed by atoms with Crippen LogP contribution in [0.5, 0.6) is 0 Å². The maximum absolute atomic E-state index is 6.37. The van der Waals surface area contributed by atoms with Crippen molar-refractivity contribution in [1.29, 1.82) is 0 Å². The normalized spacial score (nSPS) is 25.1. The fourth-order valence-electron chi connectivity index (χ4n) is 2.87. The molecule has 0 aliphatic carbocycles. The zero-order valence-corrected chi connectivity index (χ0v) is 12.8. The smallest absolute Gasteiger partial charge is 0.0642 e. The molecule has 1 aromatic rings. The van der Waals surface area contributed by atoms with E-state index in [4.69, 9.17) is 11.6 Å². The quantitative estimate of drug-likeness (QED) is 0.714. The Kier molecular flexibility index (Phi) is 4.37. The first kappa shape index (κ1) is 13.2. The van der Waals surface area contributed by atoms with Gasteiger partial charge in [0.2, 0.25) is 0 Å². The summed E-state index contributed by atoms with van der Waals surface area (Å²) in [5, 5.41) is 1.74. The molecule has 2 atom stereocenters. The number of benzene rings is 1. The van der Waals surface area contributed by atoms with Crippen molar-refractivity contribution >= 4 is 33.2 Å². The molecular weight excluding hydrogens is 298 g/mol. The van der Waals surface area contributed by atoms with E-state index in [2.05, 4.69) is 40.7 Å². The van der Waals surface area contributed by atoms with Gasteiger partial charge >= 0.3 is 0 Å². The first-order valence-corrected chi connectivity index (χ1v) is 7.70. The second-order valence-electron chi connectivity index (χ2n) is 5.23. The first-order valence-electron chi connectivity index (χ1n) is 6.20. The van der Waals surface area contributed by atoms with Gasteiger partial charge < -0.3 is 4.90 Å². The fourth-order valence-corrected chi connectivity index (χ4v) is 3.63. The van der Waals surface area contributed by atoms with Crippen molar-refractivity contribution in [1.82, 2.24) is 0 Å². The maximum Gasteiger partial charge on any atom is 0.0642 e. The van der Waals surface area contributed by atoms with Crippen molar-refractivity contribution in [3.05, 3.63) is 28.8 Å². The van der Waals surface area contributed by atoms with Gasteiger partial charge in [0.05, 0.1) is 10.7 Å². The minimum absolute atomic E-state index is 0.748. The summed E-state index contributed by atoms with van der Waals surface area (Å²) in [5.41, 5.74) is 2.52. The highest BCUT2D eigenvalue weighted by Gasteiger charge is 2.24. The lowest BCUT2D eigenvalue weighted by atomic mass is 9.91. The molecule has 0 bridgehead atoms. The third-order valence-corrected chi connectivity index (χ3v) is 4.31. The zero-order valence-electron chi connectivity index (χ0n) is 10.4. The molecule has 0 radical (unpaired) electrons. The summed E-state index contributed by atoms with van der Waals surface area (Å²) in [6.45, 7) is 6.89. The molecule has 1 aliphatic rings. The molecule has 1 fully saturated rings. The largest absolute Gasteiger partial charge is 0.370 e. The van der Waals surface area contributed by atoms with Crippen LogP contribution >= 0.6 is 27.5 Å². The van der Waals surface area contributed by atoms with Crippen LogP contribution in [0, 0.1) is 11.8 Å². The Morgan fingerprint density at radius 3 is 2.53 bits per heavy atom. The molecule has 1 aromatic carbocycles. The third kappa shape index (κ3) is 2.97. The standard InChI is InChI=1S/C14H19BrClN/c1-10-6-11(2)9-17(8-10)14-12(7-15)4-3-5-13(14)16/h3-5,10-11H,6-9H2,1-2H3. The fraction of sp³-hybridized carbons (Fsp3) is 0.571. The van der Waals surface area contributed by atoms with Crippen LogP contribution in [0.1, 0.15) is 25.8 Å². The van der Waals surface area contributed by atoms with E-state index in [0.717, 1.165) is 35.3 Å². The van der Waals surface area contributed by atoms with Crippen LogP contribution in [-0.2, 0) is 5.33 Å². The Morgan fingerprint density at radius 2 is 1.94 bits per heavy atom. The summed E-state index contributed by atoms with van der Waals surface area (Å²) in [5.74, 6) is 1.50. The van der Waals surface area contributed by atoms with Gasteiger partial charge in [-0.3, -0.25) is 0 Å². The Morgan fingerprint density at radius 1 is 1.29 bits per heavy atom. The highest BCUT2D eigenvalue weighted by Crippen LogP contribution is 2.35. The summed E-state index contributed by atoms with van der Waals surface area (Å²) in [6, 6.07) is 6.17. The molecule has 1 aliphatic heterocycles. The summed E-state index contributed by atoms with van der Waals surface area (Å²) in [7, 11) is 0. The lowest BCUT2D eigenvalue weighted by Gasteiger charge is -2.38.